The van der Waals surface area contributed by atoms with Crippen LogP contribution in [0.4, 0.5) is 0 Å². The van der Waals surface area contributed by atoms with E-state index in [1.807, 2.05) is 0 Å². The lowest BCUT2D eigenvalue weighted by Crippen LogP contribution is -2.35. The summed E-state index contributed by atoms with van der Waals surface area (Å²) in [5.74, 6) is 1.18. The largest absolute Gasteiger partial charge is 0.394 e. The van der Waals surface area contributed by atoms with Crippen LogP contribution in [-0.4, -0.2) is 55.6 Å². The molecule has 0 amide bonds. The van der Waals surface area contributed by atoms with E-state index in [0.717, 1.165) is 39.0 Å². The second-order valence-corrected chi connectivity index (χ2v) is 4.44. The quantitative estimate of drug-likeness (QED) is 0.276. The van der Waals surface area contributed by atoms with Gasteiger partial charge >= 0.3 is 10.4 Å². The summed E-state index contributed by atoms with van der Waals surface area (Å²) >= 11 is 0. The molecule has 2 aliphatic rings. The summed E-state index contributed by atoms with van der Waals surface area (Å²) in [5, 5.41) is 5.82. The Morgan fingerprint density at radius 2 is 1.26 bits per heavy atom. The minimum atomic E-state index is -4.67. The van der Waals surface area contributed by atoms with Crippen LogP contribution in [0.1, 0.15) is 12.8 Å². The lowest BCUT2D eigenvalue weighted by atomic mass is 10.4. The maximum atomic E-state index is 8.74. The summed E-state index contributed by atoms with van der Waals surface area (Å²) in [6.07, 6.45) is 2.22. The van der Waals surface area contributed by atoms with E-state index in [1.54, 1.807) is 0 Å². The molecule has 0 fully saturated rings. The van der Waals surface area contributed by atoms with Gasteiger partial charge in [-0.1, -0.05) is 0 Å². The monoisotopic (exact) mass is 296 g/mol. The second-order valence-electron chi connectivity index (χ2n) is 3.54. The van der Waals surface area contributed by atoms with Gasteiger partial charge in [-0.3, -0.25) is 19.1 Å². The van der Waals surface area contributed by atoms with Crippen LogP contribution in [-0.2, 0) is 10.4 Å². The van der Waals surface area contributed by atoms with Crippen LogP contribution < -0.4 is 22.1 Å². The van der Waals surface area contributed by atoms with Crippen molar-refractivity contribution in [1.29, 1.82) is 0 Å². The number of nitrogens with one attached hydrogen (secondary N) is 2. The lowest BCUT2D eigenvalue weighted by Gasteiger charge is -2.08. The van der Waals surface area contributed by atoms with Crippen molar-refractivity contribution in [3.05, 3.63) is 0 Å². The minimum Gasteiger partial charge on any atom is -0.370 e. The molecule has 112 valence electrons. The summed E-state index contributed by atoms with van der Waals surface area (Å²) < 4.78 is 31.6. The van der Waals surface area contributed by atoms with Gasteiger partial charge < -0.3 is 22.1 Å². The third kappa shape index (κ3) is 16.4. The number of rotatable bonds is 0. The van der Waals surface area contributed by atoms with Crippen LogP contribution in [0.2, 0.25) is 0 Å². The maximum absolute atomic E-state index is 8.74. The molecule has 10 nitrogen and oxygen atoms in total. The van der Waals surface area contributed by atoms with Gasteiger partial charge in [0.15, 0.2) is 11.9 Å². The zero-order valence-corrected chi connectivity index (χ0v) is 11.2. The Morgan fingerprint density at radius 1 is 0.947 bits per heavy atom. The van der Waals surface area contributed by atoms with Gasteiger partial charge in [0, 0.05) is 26.2 Å². The number of aliphatic imine (C=N–C) groups is 2. The van der Waals surface area contributed by atoms with Crippen LogP contribution in [0.15, 0.2) is 9.98 Å². The molecule has 11 heteroatoms. The first-order chi connectivity index (χ1) is 8.79. The van der Waals surface area contributed by atoms with Gasteiger partial charge in [-0.05, 0) is 12.8 Å². The summed E-state index contributed by atoms with van der Waals surface area (Å²) in [4.78, 5) is 7.83. The summed E-state index contributed by atoms with van der Waals surface area (Å²) in [6, 6.07) is 0. The zero-order valence-electron chi connectivity index (χ0n) is 10.4. The van der Waals surface area contributed by atoms with Crippen LogP contribution in [0, 0.1) is 0 Å². The molecule has 0 atom stereocenters. The molecular formula is C8H20N6O4S. The van der Waals surface area contributed by atoms with E-state index in [1.165, 1.54) is 0 Å². The van der Waals surface area contributed by atoms with E-state index in [-0.39, 0.29) is 0 Å². The molecule has 0 bridgehead atoms. The first kappa shape index (κ1) is 17.4. The number of guanidine groups is 2. The Balaban J connectivity index is 0.000000261. The van der Waals surface area contributed by atoms with Crippen molar-refractivity contribution in [2.45, 2.75) is 12.8 Å². The highest BCUT2D eigenvalue weighted by molar-refractivity contribution is 7.79. The fourth-order valence-electron chi connectivity index (χ4n) is 1.10. The average Bonchev–Trinajstić information content (AvgIpc) is 2.29. The third-order valence-electron chi connectivity index (χ3n) is 1.85. The first-order valence-electron chi connectivity index (χ1n) is 5.56. The normalized spacial score (nSPS) is 18.0. The van der Waals surface area contributed by atoms with E-state index in [2.05, 4.69) is 20.6 Å². The van der Waals surface area contributed by atoms with E-state index in [4.69, 9.17) is 29.0 Å². The highest BCUT2D eigenvalue weighted by Crippen LogP contribution is 1.83. The predicted octanol–water partition coefficient (Wildman–Crippen LogP) is -2.06. The summed E-state index contributed by atoms with van der Waals surface area (Å²) in [5.41, 5.74) is 10.5. The van der Waals surface area contributed by atoms with Gasteiger partial charge in [0.2, 0.25) is 0 Å². The van der Waals surface area contributed by atoms with Crippen molar-refractivity contribution >= 4 is 22.3 Å². The van der Waals surface area contributed by atoms with E-state index in [9.17, 15) is 0 Å². The Bertz CT molecular complexity index is 375. The van der Waals surface area contributed by atoms with E-state index >= 15 is 0 Å². The molecule has 0 aromatic heterocycles. The van der Waals surface area contributed by atoms with Gasteiger partial charge in [0.1, 0.15) is 0 Å². The van der Waals surface area contributed by atoms with Crippen LogP contribution >= 0.6 is 0 Å². The summed E-state index contributed by atoms with van der Waals surface area (Å²) in [7, 11) is -4.67. The van der Waals surface area contributed by atoms with Crippen molar-refractivity contribution in [2.24, 2.45) is 21.5 Å². The summed E-state index contributed by atoms with van der Waals surface area (Å²) in [6.45, 7) is 3.74. The molecule has 0 aromatic rings. The number of nitrogens with two attached hydrogens (primary N) is 2. The van der Waals surface area contributed by atoms with Crippen molar-refractivity contribution in [1.82, 2.24) is 10.6 Å². The van der Waals surface area contributed by atoms with Crippen LogP contribution in [0.3, 0.4) is 0 Å². The van der Waals surface area contributed by atoms with Crippen molar-refractivity contribution in [2.75, 3.05) is 26.2 Å². The SMILES string of the molecule is NC1=NCCCN1.NC1=NCCCN1.O=S(=O)(O)O. The van der Waals surface area contributed by atoms with E-state index in [0.29, 0.717) is 11.9 Å². The minimum absolute atomic E-state index is 0.589. The van der Waals surface area contributed by atoms with Crippen molar-refractivity contribution in [3.63, 3.8) is 0 Å². The number of hydrogen-bond donors (Lipinski definition) is 6. The molecule has 0 unspecified atom stereocenters. The fraction of sp³-hybridized carbons (Fsp3) is 0.750. The average molecular weight is 296 g/mol. The molecule has 0 saturated carbocycles. The second kappa shape index (κ2) is 9.35. The third-order valence-corrected chi connectivity index (χ3v) is 1.85. The fourth-order valence-corrected chi connectivity index (χ4v) is 1.10. The molecule has 19 heavy (non-hydrogen) atoms. The van der Waals surface area contributed by atoms with Gasteiger partial charge in [0.05, 0.1) is 0 Å². The number of nitrogens with zero attached hydrogens (tertiary/aromatic N) is 2. The topological polar surface area (TPSA) is 175 Å². The molecule has 0 spiro atoms. The van der Waals surface area contributed by atoms with Gasteiger partial charge in [0.25, 0.3) is 0 Å². The maximum Gasteiger partial charge on any atom is 0.394 e. The number of hydrogen-bond acceptors (Lipinski definition) is 8. The molecule has 0 aliphatic carbocycles. The Labute approximate surface area is 111 Å². The van der Waals surface area contributed by atoms with E-state index < -0.39 is 10.4 Å². The molecule has 2 rings (SSSR count). The Kier molecular flexibility index (Phi) is 8.57. The zero-order chi connectivity index (χ0) is 14.7. The molecule has 8 N–H and O–H groups in total. The highest BCUT2D eigenvalue weighted by atomic mass is 32.3. The smallest absolute Gasteiger partial charge is 0.370 e. The molecule has 0 radical (unpaired) electrons. The molecule has 0 saturated heterocycles. The first-order valence-corrected chi connectivity index (χ1v) is 6.96. The molecular weight excluding hydrogens is 276 g/mol. The molecule has 2 aliphatic heterocycles. The van der Waals surface area contributed by atoms with Crippen LogP contribution in [0.25, 0.3) is 0 Å². The van der Waals surface area contributed by atoms with Gasteiger partial charge in [-0.15, -0.1) is 0 Å². The van der Waals surface area contributed by atoms with Crippen LogP contribution in [0.5, 0.6) is 0 Å². The molecule has 0 aromatic carbocycles. The van der Waals surface area contributed by atoms with Crippen molar-refractivity contribution < 1.29 is 17.5 Å². The van der Waals surface area contributed by atoms with Crippen molar-refractivity contribution in [3.8, 4) is 0 Å². The highest BCUT2D eigenvalue weighted by Gasteiger charge is 1.95. The predicted molar refractivity (Wildman–Crippen MR) is 72.4 cm³/mol. The molecule has 2 heterocycles. The van der Waals surface area contributed by atoms with Gasteiger partial charge in [-0.2, -0.15) is 8.42 Å². The Hall–Kier alpha value is -1.59. The Morgan fingerprint density at radius 3 is 1.37 bits per heavy atom. The van der Waals surface area contributed by atoms with Gasteiger partial charge in [-0.25, -0.2) is 0 Å². The lowest BCUT2D eigenvalue weighted by molar-refractivity contribution is 0.381. The standard InChI is InChI=1S/2C4H9N3.H2O4S/c2*5-4-6-2-1-3-7-4;1-5(2,3)4/h2*1-3H2,(H3,5,6,7);(H2,1,2,3,4).